The topological polar surface area (TPSA) is 55.8 Å². The average molecular weight is 198 g/mol. The Morgan fingerprint density at radius 1 is 1.14 bits per heavy atom. The van der Waals surface area contributed by atoms with Crippen molar-refractivity contribution in [1.29, 1.82) is 0 Å². The normalized spacial score (nSPS) is 8.29. The highest BCUT2D eigenvalue weighted by molar-refractivity contribution is 5.76. The zero-order chi connectivity index (χ0) is 11.0. The first-order valence-corrected chi connectivity index (χ1v) is 3.93. The van der Waals surface area contributed by atoms with Gasteiger partial charge in [0.05, 0.1) is 14.2 Å². The van der Waals surface area contributed by atoms with E-state index in [0.717, 1.165) is 13.4 Å². The second kappa shape index (κ2) is 6.91. The summed E-state index contributed by atoms with van der Waals surface area (Å²) in [6.07, 6.45) is 0.766. The molecular formula is C10H14O4. The van der Waals surface area contributed by atoms with Crippen molar-refractivity contribution in [1.82, 2.24) is 0 Å². The van der Waals surface area contributed by atoms with E-state index in [4.69, 9.17) is 14.6 Å². The molecule has 14 heavy (non-hydrogen) atoms. The molecule has 0 unspecified atom stereocenters. The molecule has 0 spiro atoms. The minimum Gasteiger partial charge on any atom is -0.493 e. The molecule has 0 atom stereocenters. The van der Waals surface area contributed by atoms with Crippen LogP contribution in [0.3, 0.4) is 0 Å². The summed E-state index contributed by atoms with van der Waals surface area (Å²) in [6, 6.07) is 5.00. The van der Waals surface area contributed by atoms with Crippen molar-refractivity contribution in [2.45, 2.75) is 0 Å². The summed E-state index contributed by atoms with van der Waals surface area (Å²) in [5, 5.41) is 7.00. The lowest BCUT2D eigenvalue weighted by Crippen LogP contribution is -1.91. The van der Waals surface area contributed by atoms with E-state index in [1.54, 1.807) is 25.3 Å². The van der Waals surface area contributed by atoms with Crippen molar-refractivity contribution in [3.8, 4) is 11.5 Å². The van der Waals surface area contributed by atoms with Gasteiger partial charge in [-0.15, -0.1) is 0 Å². The summed E-state index contributed by atoms with van der Waals surface area (Å²) in [7, 11) is 4.09. The summed E-state index contributed by atoms with van der Waals surface area (Å²) in [4.78, 5) is 10.4. The van der Waals surface area contributed by atoms with E-state index < -0.39 is 0 Å². The number of aldehydes is 1. The predicted molar refractivity (Wildman–Crippen MR) is 53.1 cm³/mol. The van der Waals surface area contributed by atoms with Crippen molar-refractivity contribution >= 4 is 6.29 Å². The van der Waals surface area contributed by atoms with Crippen LogP contribution in [0.2, 0.25) is 0 Å². The zero-order valence-corrected chi connectivity index (χ0v) is 8.48. The van der Waals surface area contributed by atoms with E-state index in [2.05, 4.69) is 0 Å². The van der Waals surface area contributed by atoms with Crippen LogP contribution in [0, 0.1) is 0 Å². The first-order chi connectivity index (χ1) is 6.81. The number of aliphatic hydroxyl groups excluding tert-OH is 1. The highest BCUT2D eigenvalue weighted by Crippen LogP contribution is 2.26. The highest BCUT2D eigenvalue weighted by atomic mass is 16.5. The smallest absolute Gasteiger partial charge is 0.161 e. The molecule has 4 heteroatoms. The molecule has 1 N–H and O–H groups in total. The van der Waals surface area contributed by atoms with Gasteiger partial charge in [-0.05, 0) is 18.2 Å². The Bertz CT molecular complexity index is 283. The monoisotopic (exact) mass is 198 g/mol. The van der Waals surface area contributed by atoms with Crippen molar-refractivity contribution in [3.05, 3.63) is 23.8 Å². The van der Waals surface area contributed by atoms with Gasteiger partial charge < -0.3 is 14.6 Å². The Kier molecular flexibility index (Phi) is 6.15. The zero-order valence-electron chi connectivity index (χ0n) is 8.48. The number of methoxy groups -OCH3 is 2. The lowest BCUT2D eigenvalue weighted by Gasteiger charge is -2.06. The van der Waals surface area contributed by atoms with Crippen molar-refractivity contribution in [2.24, 2.45) is 0 Å². The first kappa shape index (κ1) is 12.4. The molecule has 0 aliphatic heterocycles. The Hall–Kier alpha value is -1.55. The summed E-state index contributed by atoms with van der Waals surface area (Å²) in [6.45, 7) is 0. The maximum Gasteiger partial charge on any atom is 0.161 e. The standard InChI is InChI=1S/C9H10O3.CH4O/c1-11-8-4-3-7(6-10)5-9(8)12-2;1-2/h3-6H,1-2H3;2H,1H3. The maximum absolute atomic E-state index is 10.4. The number of ether oxygens (including phenoxy) is 2. The molecule has 0 aromatic heterocycles. The second-order valence-corrected chi connectivity index (χ2v) is 2.23. The van der Waals surface area contributed by atoms with Gasteiger partial charge in [0.2, 0.25) is 0 Å². The molecule has 0 fully saturated rings. The molecule has 0 heterocycles. The average Bonchev–Trinajstić information content (AvgIpc) is 2.30. The number of carbonyl (C=O) groups excluding carboxylic acids is 1. The summed E-state index contributed by atoms with van der Waals surface area (Å²) >= 11 is 0. The fraction of sp³-hybridized carbons (Fsp3) is 0.300. The van der Waals surface area contributed by atoms with Crippen LogP contribution in [-0.2, 0) is 0 Å². The summed E-state index contributed by atoms with van der Waals surface area (Å²) in [5.74, 6) is 1.20. The first-order valence-electron chi connectivity index (χ1n) is 3.93. The van der Waals surface area contributed by atoms with Gasteiger partial charge in [0, 0.05) is 12.7 Å². The van der Waals surface area contributed by atoms with Crippen LogP contribution in [0.1, 0.15) is 10.4 Å². The Morgan fingerprint density at radius 2 is 1.71 bits per heavy atom. The molecule has 0 saturated heterocycles. The fourth-order valence-electron chi connectivity index (χ4n) is 0.926. The van der Waals surface area contributed by atoms with Gasteiger partial charge in [-0.2, -0.15) is 0 Å². The molecule has 1 aromatic rings. The molecule has 4 nitrogen and oxygen atoms in total. The molecule has 1 aromatic carbocycles. The van der Waals surface area contributed by atoms with Crippen LogP contribution in [0.4, 0.5) is 0 Å². The third kappa shape index (κ3) is 3.06. The van der Waals surface area contributed by atoms with Gasteiger partial charge in [-0.1, -0.05) is 0 Å². The van der Waals surface area contributed by atoms with Crippen LogP contribution in [-0.4, -0.2) is 32.7 Å². The Labute approximate surface area is 83.1 Å². The number of rotatable bonds is 3. The number of benzene rings is 1. The quantitative estimate of drug-likeness (QED) is 0.739. The van der Waals surface area contributed by atoms with Crippen molar-refractivity contribution < 1.29 is 19.4 Å². The van der Waals surface area contributed by atoms with E-state index in [-0.39, 0.29) is 0 Å². The molecule has 1 rings (SSSR count). The fourth-order valence-corrected chi connectivity index (χ4v) is 0.926. The molecule has 0 amide bonds. The van der Waals surface area contributed by atoms with Gasteiger partial charge in [0.15, 0.2) is 11.5 Å². The number of aliphatic hydroxyl groups is 1. The van der Waals surface area contributed by atoms with Crippen molar-refractivity contribution in [3.63, 3.8) is 0 Å². The SMILES string of the molecule is CO.COc1ccc(C=O)cc1OC. The molecular weight excluding hydrogens is 184 g/mol. The van der Waals surface area contributed by atoms with Crippen LogP contribution < -0.4 is 9.47 Å². The predicted octanol–water partition coefficient (Wildman–Crippen LogP) is 1.12. The number of hydrogen-bond acceptors (Lipinski definition) is 4. The lowest BCUT2D eigenvalue weighted by atomic mass is 10.2. The van der Waals surface area contributed by atoms with Gasteiger partial charge in [-0.25, -0.2) is 0 Å². The van der Waals surface area contributed by atoms with Crippen molar-refractivity contribution in [2.75, 3.05) is 21.3 Å². The summed E-state index contributed by atoms with van der Waals surface area (Å²) in [5.41, 5.74) is 0.577. The van der Waals surface area contributed by atoms with Gasteiger partial charge in [0.25, 0.3) is 0 Å². The molecule has 0 aliphatic rings. The van der Waals surface area contributed by atoms with Crippen LogP contribution in [0.5, 0.6) is 11.5 Å². The third-order valence-electron chi connectivity index (χ3n) is 1.54. The summed E-state index contributed by atoms with van der Waals surface area (Å²) < 4.78 is 9.99. The molecule has 0 bridgehead atoms. The molecule has 0 aliphatic carbocycles. The van der Waals surface area contributed by atoms with Gasteiger partial charge in [-0.3, -0.25) is 4.79 Å². The van der Waals surface area contributed by atoms with Crippen LogP contribution in [0.15, 0.2) is 18.2 Å². The minimum atomic E-state index is 0.571. The van der Waals surface area contributed by atoms with Gasteiger partial charge in [0.1, 0.15) is 6.29 Å². The van der Waals surface area contributed by atoms with Gasteiger partial charge >= 0.3 is 0 Å². The van der Waals surface area contributed by atoms with Crippen LogP contribution >= 0.6 is 0 Å². The Morgan fingerprint density at radius 3 is 2.14 bits per heavy atom. The van der Waals surface area contributed by atoms with E-state index in [1.807, 2.05) is 0 Å². The molecule has 0 saturated carbocycles. The van der Waals surface area contributed by atoms with Crippen LogP contribution in [0.25, 0.3) is 0 Å². The minimum absolute atomic E-state index is 0.571. The highest BCUT2D eigenvalue weighted by Gasteiger charge is 2.02. The van der Waals surface area contributed by atoms with E-state index >= 15 is 0 Å². The number of carbonyl (C=O) groups is 1. The molecule has 78 valence electrons. The maximum atomic E-state index is 10.4. The van der Waals surface area contributed by atoms with E-state index in [1.165, 1.54) is 7.11 Å². The third-order valence-corrected chi connectivity index (χ3v) is 1.54. The lowest BCUT2D eigenvalue weighted by molar-refractivity contribution is 0.112. The van der Waals surface area contributed by atoms with E-state index in [0.29, 0.717) is 17.1 Å². The number of hydrogen-bond donors (Lipinski definition) is 1. The molecule has 0 radical (unpaired) electrons. The Balaban J connectivity index is 0.000000791. The van der Waals surface area contributed by atoms with E-state index in [9.17, 15) is 4.79 Å². The largest absolute Gasteiger partial charge is 0.493 e. The second-order valence-electron chi connectivity index (χ2n) is 2.23.